The summed E-state index contributed by atoms with van der Waals surface area (Å²) in [5.74, 6) is 0.798. The lowest BCUT2D eigenvalue weighted by molar-refractivity contribution is 0.296. The Labute approximate surface area is 107 Å². The van der Waals surface area contributed by atoms with Gasteiger partial charge in [0.15, 0.2) is 12.4 Å². The summed E-state index contributed by atoms with van der Waals surface area (Å²) in [5.41, 5.74) is 6.05. The number of hydrogen-bond donors (Lipinski definition) is 1. The van der Waals surface area contributed by atoms with E-state index in [1.165, 1.54) is 4.80 Å². The lowest BCUT2D eigenvalue weighted by Crippen LogP contribution is -2.00. The zero-order chi connectivity index (χ0) is 12.4. The molecule has 0 spiro atoms. The summed E-state index contributed by atoms with van der Waals surface area (Å²) in [6, 6.07) is 3.12. The normalized spacial score (nSPS) is 10.5. The van der Waals surface area contributed by atoms with Crippen LogP contribution in [0.2, 0.25) is 10.0 Å². The van der Waals surface area contributed by atoms with Gasteiger partial charge in [0.05, 0.1) is 17.1 Å². The van der Waals surface area contributed by atoms with Crippen LogP contribution in [-0.4, -0.2) is 20.2 Å². The summed E-state index contributed by atoms with van der Waals surface area (Å²) in [4.78, 5) is 1.34. The Morgan fingerprint density at radius 1 is 1.35 bits per heavy atom. The van der Waals surface area contributed by atoms with Crippen molar-refractivity contribution >= 4 is 28.9 Å². The van der Waals surface area contributed by atoms with Crippen molar-refractivity contribution in [2.75, 3.05) is 5.73 Å². The number of ether oxygens (including phenoxy) is 1. The minimum atomic E-state index is 0.136. The summed E-state index contributed by atoms with van der Waals surface area (Å²) in [7, 11) is 1.67. The molecule has 2 N–H and O–H groups in total. The van der Waals surface area contributed by atoms with Crippen LogP contribution in [0.15, 0.2) is 12.1 Å². The number of hydrogen-bond acceptors (Lipinski definition) is 5. The standard InChI is InChI=1S/C9H9Cl2N5O/c1-16-14-8(13-15-16)4-17-9-6(10)2-5(12)3-7(9)11/h2-3H,4,12H2,1H3. The fourth-order valence-electron chi connectivity index (χ4n) is 1.24. The van der Waals surface area contributed by atoms with Gasteiger partial charge in [-0.15, -0.1) is 10.2 Å². The lowest BCUT2D eigenvalue weighted by Gasteiger charge is -2.08. The van der Waals surface area contributed by atoms with Crippen LogP contribution in [0.4, 0.5) is 5.69 Å². The summed E-state index contributed by atoms with van der Waals surface area (Å²) in [6.45, 7) is 0.136. The van der Waals surface area contributed by atoms with E-state index in [0.29, 0.717) is 27.3 Å². The summed E-state index contributed by atoms with van der Waals surface area (Å²) in [6.07, 6.45) is 0. The van der Waals surface area contributed by atoms with Gasteiger partial charge in [0, 0.05) is 5.69 Å². The summed E-state index contributed by atoms with van der Waals surface area (Å²) in [5, 5.41) is 12.1. The number of anilines is 1. The van der Waals surface area contributed by atoms with Gasteiger partial charge in [-0.1, -0.05) is 23.2 Å². The summed E-state index contributed by atoms with van der Waals surface area (Å²) < 4.78 is 5.42. The van der Waals surface area contributed by atoms with Crippen molar-refractivity contribution < 1.29 is 4.74 Å². The molecule has 90 valence electrons. The Morgan fingerprint density at radius 3 is 2.53 bits per heavy atom. The molecule has 6 nitrogen and oxygen atoms in total. The first-order valence-electron chi connectivity index (χ1n) is 4.66. The first kappa shape index (κ1) is 11.9. The van der Waals surface area contributed by atoms with Crippen molar-refractivity contribution in [1.82, 2.24) is 20.2 Å². The predicted molar refractivity (Wildman–Crippen MR) is 64.0 cm³/mol. The number of halogens is 2. The Balaban J connectivity index is 2.14. The molecule has 0 saturated heterocycles. The highest BCUT2D eigenvalue weighted by Gasteiger charge is 2.10. The molecular formula is C9H9Cl2N5O. The molecule has 2 rings (SSSR count). The minimum absolute atomic E-state index is 0.136. The number of rotatable bonds is 3. The van der Waals surface area contributed by atoms with Gasteiger partial charge < -0.3 is 10.5 Å². The maximum Gasteiger partial charge on any atom is 0.212 e. The van der Waals surface area contributed by atoms with Crippen LogP contribution in [-0.2, 0) is 13.7 Å². The van der Waals surface area contributed by atoms with E-state index in [1.807, 2.05) is 0 Å². The molecule has 1 aromatic heterocycles. The number of aryl methyl sites for hydroxylation is 1. The number of nitrogens with zero attached hydrogens (tertiary/aromatic N) is 4. The molecule has 8 heteroatoms. The van der Waals surface area contributed by atoms with Crippen molar-refractivity contribution in [2.24, 2.45) is 7.05 Å². The van der Waals surface area contributed by atoms with Gasteiger partial charge in [0.1, 0.15) is 0 Å². The molecule has 0 radical (unpaired) electrons. The van der Waals surface area contributed by atoms with Gasteiger partial charge >= 0.3 is 0 Å². The first-order valence-corrected chi connectivity index (χ1v) is 5.42. The van der Waals surface area contributed by atoms with Crippen LogP contribution in [0.5, 0.6) is 5.75 Å². The molecular weight excluding hydrogens is 265 g/mol. The van der Waals surface area contributed by atoms with Crippen LogP contribution in [0, 0.1) is 0 Å². The molecule has 0 aliphatic heterocycles. The van der Waals surface area contributed by atoms with Gasteiger partial charge in [-0.25, -0.2) is 0 Å². The highest BCUT2D eigenvalue weighted by atomic mass is 35.5. The Hall–Kier alpha value is -1.53. The quantitative estimate of drug-likeness (QED) is 0.861. The molecule has 1 aromatic carbocycles. The van der Waals surface area contributed by atoms with Crippen molar-refractivity contribution in [1.29, 1.82) is 0 Å². The topological polar surface area (TPSA) is 78.8 Å². The zero-order valence-corrected chi connectivity index (χ0v) is 10.4. The smallest absolute Gasteiger partial charge is 0.212 e. The highest BCUT2D eigenvalue weighted by Crippen LogP contribution is 2.35. The van der Waals surface area contributed by atoms with E-state index in [2.05, 4.69) is 15.4 Å². The van der Waals surface area contributed by atoms with Gasteiger partial charge in [-0.2, -0.15) is 4.80 Å². The third-order valence-electron chi connectivity index (χ3n) is 1.92. The second-order valence-corrected chi connectivity index (χ2v) is 4.11. The number of tetrazole rings is 1. The molecule has 1 heterocycles. The van der Waals surface area contributed by atoms with E-state index < -0.39 is 0 Å². The molecule has 17 heavy (non-hydrogen) atoms. The van der Waals surface area contributed by atoms with E-state index in [4.69, 9.17) is 33.7 Å². The van der Waals surface area contributed by atoms with Crippen molar-refractivity contribution in [2.45, 2.75) is 6.61 Å². The fourth-order valence-corrected chi connectivity index (χ4v) is 1.85. The average Bonchev–Trinajstić information content (AvgIpc) is 2.62. The Kier molecular flexibility index (Phi) is 3.35. The molecule has 0 fully saturated rings. The minimum Gasteiger partial charge on any atom is -0.482 e. The van der Waals surface area contributed by atoms with E-state index in [-0.39, 0.29) is 6.61 Å². The molecule has 0 unspecified atom stereocenters. The Bertz CT molecular complexity index is 519. The third kappa shape index (κ3) is 2.78. The fraction of sp³-hybridized carbons (Fsp3) is 0.222. The lowest BCUT2D eigenvalue weighted by atomic mass is 10.3. The SMILES string of the molecule is Cn1nnc(COc2c(Cl)cc(N)cc2Cl)n1. The molecule has 0 amide bonds. The molecule has 0 aliphatic rings. The van der Waals surface area contributed by atoms with E-state index in [9.17, 15) is 0 Å². The molecule has 0 aliphatic carbocycles. The number of nitrogen functional groups attached to an aromatic ring is 1. The maximum absolute atomic E-state index is 5.96. The van der Waals surface area contributed by atoms with Gasteiger partial charge in [0.25, 0.3) is 0 Å². The number of benzene rings is 1. The van der Waals surface area contributed by atoms with E-state index in [1.54, 1.807) is 19.2 Å². The number of nitrogens with two attached hydrogens (primary N) is 1. The highest BCUT2D eigenvalue weighted by molar-refractivity contribution is 6.37. The van der Waals surface area contributed by atoms with E-state index >= 15 is 0 Å². The van der Waals surface area contributed by atoms with Gasteiger partial charge in [-0.3, -0.25) is 0 Å². The molecule has 0 atom stereocenters. The molecule has 0 bridgehead atoms. The van der Waals surface area contributed by atoms with Crippen LogP contribution in [0.1, 0.15) is 5.82 Å². The average molecular weight is 274 g/mol. The van der Waals surface area contributed by atoms with E-state index in [0.717, 1.165) is 0 Å². The van der Waals surface area contributed by atoms with Crippen molar-refractivity contribution in [3.8, 4) is 5.75 Å². The van der Waals surface area contributed by atoms with Crippen LogP contribution in [0.3, 0.4) is 0 Å². The number of aromatic nitrogens is 4. The monoisotopic (exact) mass is 273 g/mol. The van der Waals surface area contributed by atoms with Gasteiger partial charge in [-0.05, 0) is 17.3 Å². The van der Waals surface area contributed by atoms with Crippen LogP contribution < -0.4 is 10.5 Å². The maximum atomic E-state index is 5.96. The van der Waals surface area contributed by atoms with Crippen molar-refractivity contribution in [3.63, 3.8) is 0 Å². The largest absolute Gasteiger partial charge is 0.482 e. The first-order chi connectivity index (χ1) is 8.06. The third-order valence-corrected chi connectivity index (χ3v) is 2.48. The predicted octanol–water partition coefficient (Wildman–Crippen LogP) is 1.68. The van der Waals surface area contributed by atoms with Gasteiger partial charge in [0.2, 0.25) is 5.82 Å². The zero-order valence-electron chi connectivity index (χ0n) is 8.89. The van der Waals surface area contributed by atoms with Crippen molar-refractivity contribution in [3.05, 3.63) is 28.0 Å². The van der Waals surface area contributed by atoms with Crippen LogP contribution in [0.25, 0.3) is 0 Å². The second-order valence-electron chi connectivity index (χ2n) is 3.30. The Morgan fingerprint density at radius 2 is 2.00 bits per heavy atom. The molecule has 2 aromatic rings. The van der Waals surface area contributed by atoms with Crippen LogP contribution >= 0.6 is 23.2 Å². The summed E-state index contributed by atoms with van der Waals surface area (Å²) >= 11 is 11.9. The molecule has 0 saturated carbocycles. The second kappa shape index (κ2) is 4.77.